The zero-order valence-corrected chi connectivity index (χ0v) is 11.0. The van der Waals surface area contributed by atoms with Crippen LogP contribution in [0.3, 0.4) is 0 Å². The first-order valence-electron chi connectivity index (χ1n) is 6.03. The molecule has 0 spiro atoms. The summed E-state index contributed by atoms with van der Waals surface area (Å²) in [6.45, 7) is 4.14. The zero-order chi connectivity index (χ0) is 11.9. The van der Waals surface area contributed by atoms with Crippen molar-refractivity contribution in [3.05, 3.63) is 0 Å². The minimum absolute atomic E-state index is 0.267. The van der Waals surface area contributed by atoms with Crippen molar-refractivity contribution >= 4 is 7.82 Å². The number of rotatable bonds is 7. The van der Waals surface area contributed by atoms with Gasteiger partial charge in [0.1, 0.15) is 0 Å². The summed E-state index contributed by atoms with van der Waals surface area (Å²) in [7, 11) is -3.40. The highest BCUT2D eigenvalue weighted by Crippen LogP contribution is 2.48. The number of phosphoric acid groups is 1. The lowest BCUT2D eigenvalue weighted by atomic mass is 9.96. The second-order valence-corrected chi connectivity index (χ2v) is 5.42. The molecule has 1 rings (SSSR count). The zero-order valence-electron chi connectivity index (χ0n) is 10.1. The Balaban J connectivity index is 2.33. The molecule has 1 saturated carbocycles. The van der Waals surface area contributed by atoms with Crippen LogP contribution in [0.15, 0.2) is 0 Å². The van der Waals surface area contributed by atoms with Crippen LogP contribution in [0.2, 0.25) is 0 Å². The Morgan fingerprint density at radius 3 is 2.19 bits per heavy atom. The summed E-state index contributed by atoms with van der Waals surface area (Å²) in [5.41, 5.74) is 2.82. The first-order valence-corrected chi connectivity index (χ1v) is 7.49. The second kappa shape index (κ2) is 7.41. The van der Waals surface area contributed by atoms with Gasteiger partial charge in [-0.1, -0.05) is 19.3 Å². The summed E-state index contributed by atoms with van der Waals surface area (Å²) in [4.78, 5) is 0. The molecule has 0 amide bonds. The Bertz CT molecular complexity index is 221. The van der Waals surface area contributed by atoms with E-state index in [0.717, 1.165) is 12.8 Å². The molecule has 0 heterocycles. The topological polar surface area (TPSA) is 56.8 Å². The summed E-state index contributed by atoms with van der Waals surface area (Å²) < 4.78 is 27.1. The highest BCUT2D eigenvalue weighted by Gasteiger charge is 2.27. The molecule has 0 aromatic rings. The fourth-order valence-electron chi connectivity index (χ4n) is 1.77. The predicted molar refractivity (Wildman–Crippen MR) is 62.0 cm³/mol. The van der Waals surface area contributed by atoms with Crippen molar-refractivity contribution in [1.82, 2.24) is 5.48 Å². The minimum Gasteiger partial charge on any atom is -0.286 e. The maximum absolute atomic E-state index is 11.9. The van der Waals surface area contributed by atoms with E-state index in [2.05, 4.69) is 5.48 Å². The maximum atomic E-state index is 11.9. The van der Waals surface area contributed by atoms with Gasteiger partial charge in [-0.2, -0.15) is 10.1 Å². The van der Waals surface area contributed by atoms with Crippen LogP contribution in [0, 0.1) is 0 Å². The molecule has 0 aromatic heterocycles. The summed E-state index contributed by atoms with van der Waals surface area (Å²) in [5.74, 6) is 0. The molecule has 0 saturated heterocycles. The van der Waals surface area contributed by atoms with Crippen LogP contribution in [0.5, 0.6) is 0 Å². The van der Waals surface area contributed by atoms with E-state index >= 15 is 0 Å². The minimum atomic E-state index is -3.40. The molecule has 1 aliphatic carbocycles. The number of hydrogen-bond acceptors (Lipinski definition) is 5. The Hall–Kier alpha value is 0.0700. The molecule has 0 radical (unpaired) electrons. The average molecular weight is 251 g/mol. The molecule has 0 atom stereocenters. The third-order valence-electron chi connectivity index (χ3n) is 2.51. The Labute approximate surface area is 97.4 Å². The smallest absolute Gasteiger partial charge is 0.286 e. The van der Waals surface area contributed by atoms with Crippen molar-refractivity contribution in [2.75, 3.05) is 13.2 Å². The largest absolute Gasteiger partial charge is 0.491 e. The molecular formula is C10H22NO4P. The fraction of sp³-hybridized carbons (Fsp3) is 1.00. The maximum Gasteiger partial charge on any atom is 0.491 e. The van der Waals surface area contributed by atoms with E-state index in [-0.39, 0.29) is 6.04 Å². The van der Waals surface area contributed by atoms with E-state index in [1.165, 1.54) is 19.3 Å². The van der Waals surface area contributed by atoms with Crippen LogP contribution in [0.1, 0.15) is 46.0 Å². The Morgan fingerprint density at radius 2 is 1.69 bits per heavy atom. The van der Waals surface area contributed by atoms with Gasteiger partial charge in [0.15, 0.2) is 0 Å². The third kappa shape index (κ3) is 4.93. The van der Waals surface area contributed by atoms with E-state index in [4.69, 9.17) is 13.7 Å². The second-order valence-electron chi connectivity index (χ2n) is 3.83. The molecule has 6 heteroatoms. The molecule has 0 unspecified atom stereocenters. The van der Waals surface area contributed by atoms with Gasteiger partial charge in [-0.3, -0.25) is 9.05 Å². The SMILES string of the molecule is CCOP(=O)(OCC)ONC1CCCCC1. The van der Waals surface area contributed by atoms with E-state index in [1.54, 1.807) is 13.8 Å². The van der Waals surface area contributed by atoms with Gasteiger partial charge in [0.05, 0.1) is 13.2 Å². The molecule has 1 fully saturated rings. The third-order valence-corrected chi connectivity index (χ3v) is 3.99. The molecule has 0 aliphatic heterocycles. The van der Waals surface area contributed by atoms with Crippen LogP contribution in [0.25, 0.3) is 0 Å². The Morgan fingerprint density at radius 1 is 1.12 bits per heavy atom. The van der Waals surface area contributed by atoms with Crippen molar-refractivity contribution in [3.63, 3.8) is 0 Å². The van der Waals surface area contributed by atoms with E-state index in [0.29, 0.717) is 13.2 Å². The first-order chi connectivity index (χ1) is 7.70. The lowest BCUT2D eigenvalue weighted by Gasteiger charge is -2.24. The molecule has 1 aliphatic rings. The number of hydroxylamine groups is 1. The molecule has 5 nitrogen and oxygen atoms in total. The standard InChI is InChI=1S/C10H22NO4P/c1-3-13-16(12,14-4-2)15-11-10-8-6-5-7-9-10/h10-11H,3-9H2,1-2H3. The summed E-state index contributed by atoms with van der Waals surface area (Å²) in [6, 6.07) is 0.267. The quantitative estimate of drug-likeness (QED) is 0.556. The van der Waals surface area contributed by atoms with E-state index in [1.807, 2.05) is 0 Å². The van der Waals surface area contributed by atoms with Crippen molar-refractivity contribution in [3.8, 4) is 0 Å². The van der Waals surface area contributed by atoms with Crippen LogP contribution in [-0.2, 0) is 18.2 Å². The van der Waals surface area contributed by atoms with Gasteiger partial charge in [-0.15, -0.1) is 0 Å². The summed E-state index contributed by atoms with van der Waals surface area (Å²) >= 11 is 0. The molecule has 1 N–H and O–H groups in total. The van der Waals surface area contributed by atoms with E-state index in [9.17, 15) is 4.57 Å². The molecular weight excluding hydrogens is 229 g/mol. The average Bonchev–Trinajstić information content (AvgIpc) is 2.29. The van der Waals surface area contributed by atoms with Crippen LogP contribution in [-0.4, -0.2) is 19.3 Å². The van der Waals surface area contributed by atoms with Crippen molar-refractivity contribution in [2.45, 2.75) is 52.0 Å². The number of hydrogen-bond donors (Lipinski definition) is 1. The fourth-order valence-corrected chi connectivity index (χ4v) is 2.86. The van der Waals surface area contributed by atoms with Crippen LogP contribution >= 0.6 is 7.82 Å². The van der Waals surface area contributed by atoms with Gasteiger partial charge in [0.2, 0.25) is 0 Å². The molecule has 16 heavy (non-hydrogen) atoms. The van der Waals surface area contributed by atoms with E-state index < -0.39 is 7.82 Å². The molecule has 0 bridgehead atoms. The first kappa shape index (κ1) is 14.1. The van der Waals surface area contributed by atoms with Crippen molar-refractivity contribution in [2.24, 2.45) is 0 Å². The van der Waals surface area contributed by atoms with Gasteiger partial charge in [-0.25, -0.2) is 4.57 Å². The normalized spacial score (nSPS) is 18.9. The summed E-state index contributed by atoms with van der Waals surface area (Å²) in [6.07, 6.45) is 5.76. The lowest BCUT2D eigenvalue weighted by Crippen LogP contribution is -2.30. The predicted octanol–water partition coefficient (Wildman–Crippen LogP) is 3.02. The number of nitrogens with one attached hydrogen (secondary N) is 1. The lowest BCUT2D eigenvalue weighted by molar-refractivity contribution is 0.0523. The van der Waals surface area contributed by atoms with Gasteiger partial charge >= 0.3 is 7.82 Å². The van der Waals surface area contributed by atoms with Crippen molar-refractivity contribution < 1.29 is 18.2 Å². The molecule has 0 aromatic carbocycles. The van der Waals surface area contributed by atoms with Crippen LogP contribution < -0.4 is 5.48 Å². The Kier molecular flexibility index (Phi) is 6.54. The van der Waals surface area contributed by atoms with Gasteiger partial charge in [0.25, 0.3) is 0 Å². The highest BCUT2D eigenvalue weighted by atomic mass is 31.2. The van der Waals surface area contributed by atoms with Crippen molar-refractivity contribution in [1.29, 1.82) is 0 Å². The monoisotopic (exact) mass is 251 g/mol. The van der Waals surface area contributed by atoms with Gasteiger partial charge in [0, 0.05) is 6.04 Å². The number of phosphoric ester groups is 1. The summed E-state index contributed by atoms with van der Waals surface area (Å²) in [5, 5.41) is 0. The highest BCUT2D eigenvalue weighted by molar-refractivity contribution is 7.48. The van der Waals surface area contributed by atoms with Crippen LogP contribution in [0.4, 0.5) is 0 Å². The van der Waals surface area contributed by atoms with Gasteiger partial charge < -0.3 is 0 Å². The molecule has 96 valence electrons. The van der Waals surface area contributed by atoms with Gasteiger partial charge in [-0.05, 0) is 26.7 Å².